The van der Waals surface area contributed by atoms with Gasteiger partial charge in [0.25, 0.3) is 0 Å². The molecular weight excluding hydrogens is 390 g/mol. The Labute approximate surface area is 179 Å². The van der Waals surface area contributed by atoms with Gasteiger partial charge in [-0.15, -0.1) is 12.4 Å². The van der Waals surface area contributed by atoms with E-state index in [9.17, 15) is 10.0 Å². The predicted molar refractivity (Wildman–Crippen MR) is 116 cm³/mol. The topological polar surface area (TPSA) is 58.6 Å². The average molecular weight is 420 g/mol. The van der Waals surface area contributed by atoms with Crippen molar-refractivity contribution in [2.45, 2.75) is 37.9 Å². The van der Waals surface area contributed by atoms with Gasteiger partial charge in [-0.2, -0.15) is 0 Å². The third kappa shape index (κ3) is 5.37. The molecule has 1 saturated heterocycles. The van der Waals surface area contributed by atoms with Crippen molar-refractivity contribution in [3.05, 3.63) is 77.0 Å². The minimum absolute atomic E-state index is 0. The highest BCUT2D eigenvalue weighted by Gasteiger charge is 2.46. The first-order chi connectivity index (χ1) is 13.5. The SMILES string of the molecule is CCCOC(C(=O)OC1CC[N+](C)([O-])CC1)(c1ccccc1)c1ccccc1.Cl. The minimum Gasteiger partial charge on any atom is -0.633 e. The third-order valence-corrected chi connectivity index (χ3v) is 5.29. The normalized spacial score (nSPS) is 21.8. The smallest absolute Gasteiger partial charge is 0.348 e. The van der Waals surface area contributed by atoms with Gasteiger partial charge in [0.1, 0.15) is 6.10 Å². The fourth-order valence-corrected chi connectivity index (χ4v) is 3.67. The Morgan fingerprint density at radius 2 is 1.52 bits per heavy atom. The summed E-state index contributed by atoms with van der Waals surface area (Å²) in [5.41, 5.74) is 0.186. The molecule has 3 rings (SSSR count). The van der Waals surface area contributed by atoms with E-state index >= 15 is 0 Å². The largest absolute Gasteiger partial charge is 0.633 e. The highest BCUT2D eigenvalue weighted by Crippen LogP contribution is 2.36. The summed E-state index contributed by atoms with van der Waals surface area (Å²) in [6.07, 6.45) is 1.66. The number of carbonyl (C=O) groups is 1. The van der Waals surface area contributed by atoms with Crippen LogP contribution in [0.15, 0.2) is 60.7 Å². The molecule has 0 bridgehead atoms. The van der Waals surface area contributed by atoms with Crippen molar-refractivity contribution in [1.82, 2.24) is 0 Å². The van der Waals surface area contributed by atoms with E-state index in [1.54, 1.807) is 7.05 Å². The second-order valence-corrected chi connectivity index (χ2v) is 7.61. The Morgan fingerprint density at radius 3 is 1.97 bits per heavy atom. The molecule has 2 aromatic carbocycles. The molecule has 0 atom stereocenters. The van der Waals surface area contributed by atoms with Gasteiger partial charge < -0.3 is 19.3 Å². The lowest BCUT2D eigenvalue weighted by atomic mass is 9.85. The van der Waals surface area contributed by atoms with Crippen molar-refractivity contribution in [3.8, 4) is 0 Å². The van der Waals surface area contributed by atoms with Crippen LogP contribution in [0, 0.1) is 5.21 Å². The fourth-order valence-electron chi connectivity index (χ4n) is 3.67. The molecule has 0 aliphatic carbocycles. The van der Waals surface area contributed by atoms with Crippen molar-refractivity contribution >= 4 is 18.4 Å². The van der Waals surface area contributed by atoms with Gasteiger partial charge in [-0.3, -0.25) is 0 Å². The molecule has 1 heterocycles. The maximum atomic E-state index is 13.6. The number of halogens is 1. The summed E-state index contributed by atoms with van der Waals surface area (Å²) in [5.74, 6) is -0.412. The Kier molecular flexibility index (Phi) is 8.23. The number of rotatable bonds is 7. The van der Waals surface area contributed by atoms with Crippen LogP contribution in [-0.4, -0.2) is 43.5 Å². The Hall–Kier alpha value is -1.92. The number of hydrogen-bond acceptors (Lipinski definition) is 4. The number of hydrogen-bond donors (Lipinski definition) is 0. The first kappa shape index (κ1) is 23.4. The van der Waals surface area contributed by atoms with Gasteiger partial charge in [0.05, 0.1) is 20.1 Å². The number of piperidine rings is 1. The molecule has 1 aliphatic heterocycles. The van der Waals surface area contributed by atoms with Gasteiger partial charge in [0.15, 0.2) is 0 Å². The summed E-state index contributed by atoms with van der Waals surface area (Å²) in [6.45, 7) is 3.36. The van der Waals surface area contributed by atoms with Crippen LogP contribution in [0.25, 0.3) is 0 Å². The van der Waals surface area contributed by atoms with E-state index < -0.39 is 11.6 Å². The summed E-state index contributed by atoms with van der Waals surface area (Å²) in [5, 5.41) is 12.1. The van der Waals surface area contributed by atoms with E-state index in [-0.39, 0.29) is 23.2 Å². The zero-order chi connectivity index (χ0) is 20.0. The van der Waals surface area contributed by atoms with Gasteiger partial charge in [-0.25, -0.2) is 4.79 Å². The van der Waals surface area contributed by atoms with Crippen LogP contribution in [0.3, 0.4) is 0 Å². The monoisotopic (exact) mass is 419 g/mol. The van der Waals surface area contributed by atoms with Crippen LogP contribution in [0.5, 0.6) is 0 Å². The maximum Gasteiger partial charge on any atom is 0.348 e. The molecule has 6 heteroatoms. The molecule has 2 aromatic rings. The lowest BCUT2D eigenvalue weighted by molar-refractivity contribution is -0.866. The lowest BCUT2D eigenvalue weighted by Crippen LogP contribution is -2.49. The Morgan fingerprint density at radius 1 is 1.03 bits per heavy atom. The van der Waals surface area contributed by atoms with Gasteiger partial charge in [-0.05, 0) is 17.5 Å². The number of carbonyl (C=O) groups excluding carboxylic acids is 1. The van der Waals surface area contributed by atoms with Crippen LogP contribution < -0.4 is 0 Å². The minimum atomic E-state index is -1.31. The van der Waals surface area contributed by atoms with E-state index in [1.165, 1.54) is 0 Å². The van der Waals surface area contributed by atoms with Crippen LogP contribution in [0.1, 0.15) is 37.3 Å². The van der Waals surface area contributed by atoms with Crippen molar-refractivity contribution in [2.24, 2.45) is 0 Å². The molecule has 0 saturated carbocycles. The zero-order valence-electron chi connectivity index (χ0n) is 17.1. The van der Waals surface area contributed by atoms with Crippen molar-refractivity contribution in [1.29, 1.82) is 0 Å². The van der Waals surface area contributed by atoms with Gasteiger partial charge in [0, 0.05) is 19.4 Å². The van der Waals surface area contributed by atoms with Crippen molar-refractivity contribution in [3.63, 3.8) is 0 Å². The number of likely N-dealkylation sites (tertiary alicyclic amines) is 1. The van der Waals surface area contributed by atoms with Crippen LogP contribution in [0.2, 0.25) is 0 Å². The number of quaternary nitrogens is 1. The van der Waals surface area contributed by atoms with Crippen molar-refractivity contribution < 1.29 is 18.9 Å². The summed E-state index contributed by atoms with van der Waals surface area (Å²) in [4.78, 5) is 13.6. The van der Waals surface area contributed by atoms with Gasteiger partial charge >= 0.3 is 5.97 Å². The van der Waals surface area contributed by atoms with E-state index in [0.717, 1.165) is 17.5 Å². The molecule has 1 aliphatic rings. The van der Waals surface area contributed by atoms with Gasteiger partial charge in [-0.1, -0.05) is 67.6 Å². The molecule has 158 valence electrons. The van der Waals surface area contributed by atoms with Crippen LogP contribution in [0.4, 0.5) is 0 Å². The standard InChI is InChI=1S/C23H29NO4.ClH/c1-3-18-27-23(19-10-6-4-7-11-19,20-12-8-5-9-13-20)22(25)28-21-14-16-24(2,26)17-15-21;/h4-13,21H,3,14-18H2,1-2H3;1H. The molecule has 0 N–H and O–H groups in total. The summed E-state index contributed by atoms with van der Waals surface area (Å²) in [7, 11) is 1.67. The molecule has 1 fully saturated rings. The van der Waals surface area contributed by atoms with E-state index in [4.69, 9.17) is 9.47 Å². The molecule has 0 spiro atoms. The molecule has 0 aromatic heterocycles. The number of esters is 1. The Balaban J connectivity index is 0.00000300. The van der Waals surface area contributed by atoms with Crippen molar-refractivity contribution in [2.75, 3.05) is 26.7 Å². The van der Waals surface area contributed by atoms with Crippen LogP contribution in [-0.2, 0) is 19.9 Å². The molecule has 5 nitrogen and oxygen atoms in total. The maximum absolute atomic E-state index is 13.6. The quantitative estimate of drug-likeness (QED) is 0.378. The molecule has 29 heavy (non-hydrogen) atoms. The van der Waals surface area contributed by atoms with E-state index in [2.05, 4.69) is 0 Å². The van der Waals surface area contributed by atoms with Gasteiger partial charge in [0.2, 0.25) is 5.60 Å². The van der Waals surface area contributed by atoms with E-state index in [0.29, 0.717) is 32.5 Å². The first-order valence-corrected chi connectivity index (χ1v) is 9.99. The summed E-state index contributed by atoms with van der Waals surface area (Å²) >= 11 is 0. The molecule has 0 unspecified atom stereocenters. The summed E-state index contributed by atoms with van der Waals surface area (Å²) in [6, 6.07) is 19.0. The number of hydroxylamine groups is 3. The van der Waals surface area contributed by atoms with Crippen LogP contribution >= 0.6 is 12.4 Å². The second kappa shape index (κ2) is 10.2. The highest BCUT2D eigenvalue weighted by atomic mass is 35.5. The molecule has 0 radical (unpaired) electrons. The summed E-state index contributed by atoms with van der Waals surface area (Å²) < 4.78 is 11.9. The third-order valence-electron chi connectivity index (χ3n) is 5.29. The van der Waals surface area contributed by atoms with E-state index in [1.807, 2.05) is 67.6 Å². The zero-order valence-corrected chi connectivity index (χ0v) is 17.9. The molecular formula is C23H30ClNO4. The molecule has 0 amide bonds. The first-order valence-electron chi connectivity index (χ1n) is 9.99. The second-order valence-electron chi connectivity index (χ2n) is 7.61. The lowest BCUT2D eigenvalue weighted by Gasteiger charge is -2.44. The Bertz CT molecular complexity index is 717. The predicted octanol–water partition coefficient (Wildman–Crippen LogP) is 4.43. The number of nitrogens with zero attached hydrogens (tertiary/aromatic N) is 1. The highest BCUT2D eigenvalue weighted by molar-refractivity contribution is 5.86. The number of ether oxygens (including phenoxy) is 2. The fraction of sp³-hybridized carbons (Fsp3) is 0.435. The average Bonchev–Trinajstić information content (AvgIpc) is 2.72. The number of benzene rings is 2.